The first-order chi connectivity index (χ1) is 10.4. The Kier molecular flexibility index (Phi) is 5.87. The molecule has 0 saturated heterocycles. The summed E-state index contributed by atoms with van der Waals surface area (Å²) in [7, 11) is -3.14. The van der Waals surface area contributed by atoms with Gasteiger partial charge in [0.1, 0.15) is 5.75 Å². The summed E-state index contributed by atoms with van der Waals surface area (Å²) in [6.07, 6.45) is 2.97. The van der Waals surface area contributed by atoms with E-state index in [0.717, 1.165) is 25.0 Å². The SMILES string of the molecule is CCS(=O)(=O)N[C@@H]1CCC[C@@H]1COc1ccc(C(C)C)cc1. The van der Waals surface area contributed by atoms with E-state index in [9.17, 15) is 8.42 Å². The van der Waals surface area contributed by atoms with Crippen LogP contribution in [0.15, 0.2) is 24.3 Å². The summed E-state index contributed by atoms with van der Waals surface area (Å²) in [4.78, 5) is 0. The molecule has 2 rings (SSSR count). The second kappa shape index (κ2) is 7.47. The largest absolute Gasteiger partial charge is 0.493 e. The highest BCUT2D eigenvalue weighted by molar-refractivity contribution is 7.89. The van der Waals surface area contributed by atoms with E-state index in [1.807, 2.05) is 12.1 Å². The van der Waals surface area contributed by atoms with Crippen LogP contribution in [0.1, 0.15) is 51.5 Å². The van der Waals surface area contributed by atoms with Gasteiger partial charge in [-0.15, -0.1) is 0 Å². The lowest BCUT2D eigenvalue weighted by Crippen LogP contribution is -2.40. The molecule has 0 radical (unpaired) electrons. The molecule has 0 amide bonds. The van der Waals surface area contributed by atoms with Crippen LogP contribution in [0, 0.1) is 5.92 Å². The van der Waals surface area contributed by atoms with E-state index in [4.69, 9.17) is 4.74 Å². The van der Waals surface area contributed by atoms with Crippen molar-refractivity contribution < 1.29 is 13.2 Å². The average molecular weight is 325 g/mol. The zero-order chi connectivity index (χ0) is 16.2. The number of sulfonamides is 1. The van der Waals surface area contributed by atoms with Crippen molar-refractivity contribution in [3.05, 3.63) is 29.8 Å². The normalized spacial score (nSPS) is 22.2. The highest BCUT2D eigenvalue weighted by Crippen LogP contribution is 2.27. The molecule has 0 aliphatic heterocycles. The molecule has 1 N–H and O–H groups in total. The molecule has 1 aromatic carbocycles. The predicted molar refractivity (Wildman–Crippen MR) is 89.8 cm³/mol. The Balaban J connectivity index is 1.90. The van der Waals surface area contributed by atoms with Crippen LogP contribution >= 0.6 is 0 Å². The fourth-order valence-corrected chi connectivity index (χ4v) is 3.80. The zero-order valence-electron chi connectivity index (χ0n) is 13.7. The first kappa shape index (κ1) is 17.3. The van der Waals surface area contributed by atoms with E-state index in [0.29, 0.717) is 12.5 Å². The van der Waals surface area contributed by atoms with Gasteiger partial charge in [-0.25, -0.2) is 13.1 Å². The fraction of sp³-hybridized carbons (Fsp3) is 0.647. The molecular formula is C17H27NO3S. The van der Waals surface area contributed by atoms with E-state index >= 15 is 0 Å². The molecule has 0 bridgehead atoms. The number of nitrogens with one attached hydrogen (secondary N) is 1. The Hall–Kier alpha value is -1.07. The minimum atomic E-state index is -3.14. The smallest absolute Gasteiger partial charge is 0.211 e. The van der Waals surface area contributed by atoms with Crippen LogP contribution in [0.5, 0.6) is 5.75 Å². The second-order valence-electron chi connectivity index (χ2n) is 6.35. The summed E-state index contributed by atoms with van der Waals surface area (Å²) in [5.41, 5.74) is 1.29. The minimum absolute atomic E-state index is 0.0138. The highest BCUT2D eigenvalue weighted by Gasteiger charge is 2.30. The van der Waals surface area contributed by atoms with Crippen LogP contribution in [0.25, 0.3) is 0 Å². The van der Waals surface area contributed by atoms with Crippen LogP contribution in [-0.4, -0.2) is 26.8 Å². The lowest BCUT2D eigenvalue weighted by Gasteiger charge is -2.21. The topological polar surface area (TPSA) is 55.4 Å². The molecule has 1 aliphatic carbocycles. The van der Waals surface area contributed by atoms with Gasteiger partial charge >= 0.3 is 0 Å². The Morgan fingerprint density at radius 3 is 2.50 bits per heavy atom. The van der Waals surface area contributed by atoms with Gasteiger partial charge in [-0.05, 0) is 43.4 Å². The number of hydrogen-bond acceptors (Lipinski definition) is 3. The zero-order valence-corrected chi connectivity index (χ0v) is 14.5. The molecule has 0 spiro atoms. The first-order valence-corrected chi connectivity index (χ1v) is 9.79. The van der Waals surface area contributed by atoms with Gasteiger partial charge in [0.05, 0.1) is 12.4 Å². The van der Waals surface area contributed by atoms with Gasteiger partial charge < -0.3 is 4.74 Å². The molecule has 0 heterocycles. The van der Waals surface area contributed by atoms with E-state index in [1.54, 1.807) is 6.92 Å². The Labute approximate surface area is 134 Å². The highest BCUT2D eigenvalue weighted by atomic mass is 32.2. The van der Waals surface area contributed by atoms with Crippen molar-refractivity contribution in [3.8, 4) is 5.75 Å². The van der Waals surface area contributed by atoms with Crippen LogP contribution in [0.2, 0.25) is 0 Å². The Bertz CT molecular complexity index is 566. The Morgan fingerprint density at radius 2 is 1.91 bits per heavy atom. The molecule has 1 aliphatic rings. The summed E-state index contributed by atoms with van der Waals surface area (Å²) in [5, 5.41) is 0. The summed E-state index contributed by atoms with van der Waals surface area (Å²) in [6.45, 7) is 6.56. The third kappa shape index (κ3) is 4.71. The summed E-state index contributed by atoms with van der Waals surface area (Å²) in [6, 6.07) is 8.18. The second-order valence-corrected chi connectivity index (χ2v) is 8.40. The van der Waals surface area contributed by atoms with Gasteiger partial charge in [0, 0.05) is 12.0 Å². The molecule has 5 heteroatoms. The molecule has 0 unspecified atom stereocenters. The van der Waals surface area contributed by atoms with Gasteiger partial charge in [0.2, 0.25) is 10.0 Å². The monoisotopic (exact) mass is 325 g/mol. The molecule has 2 atom stereocenters. The molecule has 4 nitrogen and oxygen atoms in total. The van der Waals surface area contributed by atoms with Gasteiger partial charge in [-0.1, -0.05) is 32.4 Å². The van der Waals surface area contributed by atoms with Crippen LogP contribution in [0.4, 0.5) is 0 Å². The van der Waals surface area contributed by atoms with E-state index in [2.05, 4.69) is 30.7 Å². The van der Waals surface area contributed by atoms with Crippen LogP contribution in [-0.2, 0) is 10.0 Å². The number of rotatable bonds is 7. The minimum Gasteiger partial charge on any atom is -0.493 e. The van der Waals surface area contributed by atoms with E-state index in [1.165, 1.54) is 5.56 Å². The molecule has 22 heavy (non-hydrogen) atoms. The maximum atomic E-state index is 11.7. The van der Waals surface area contributed by atoms with Crippen molar-refractivity contribution in [1.29, 1.82) is 0 Å². The summed E-state index contributed by atoms with van der Waals surface area (Å²) >= 11 is 0. The van der Waals surface area contributed by atoms with Crippen LogP contribution < -0.4 is 9.46 Å². The van der Waals surface area contributed by atoms with Crippen molar-refractivity contribution in [3.63, 3.8) is 0 Å². The van der Waals surface area contributed by atoms with Gasteiger partial charge in [-0.2, -0.15) is 0 Å². The molecule has 0 aromatic heterocycles. The maximum Gasteiger partial charge on any atom is 0.211 e. The fourth-order valence-electron chi connectivity index (χ4n) is 2.86. The molecule has 1 fully saturated rings. The van der Waals surface area contributed by atoms with Crippen molar-refractivity contribution >= 4 is 10.0 Å². The van der Waals surface area contributed by atoms with Crippen molar-refractivity contribution in [1.82, 2.24) is 4.72 Å². The Morgan fingerprint density at radius 1 is 1.23 bits per heavy atom. The van der Waals surface area contributed by atoms with Crippen molar-refractivity contribution in [2.45, 2.75) is 52.0 Å². The van der Waals surface area contributed by atoms with Gasteiger partial charge in [0.15, 0.2) is 0 Å². The number of hydrogen-bond donors (Lipinski definition) is 1. The first-order valence-electron chi connectivity index (χ1n) is 8.14. The van der Waals surface area contributed by atoms with Crippen molar-refractivity contribution in [2.24, 2.45) is 5.92 Å². The van der Waals surface area contributed by atoms with Crippen LogP contribution in [0.3, 0.4) is 0 Å². The number of ether oxygens (including phenoxy) is 1. The van der Waals surface area contributed by atoms with Gasteiger partial charge in [-0.3, -0.25) is 0 Å². The average Bonchev–Trinajstić information content (AvgIpc) is 2.92. The lowest BCUT2D eigenvalue weighted by atomic mass is 10.0. The van der Waals surface area contributed by atoms with Crippen molar-refractivity contribution in [2.75, 3.05) is 12.4 Å². The van der Waals surface area contributed by atoms with Gasteiger partial charge in [0.25, 0.3) is 0 Å². The van der Waals surface area contributed by atoms with E-state index in [-0.39, 0.29) is 17.7 Å². The molecular weight excluding hydrogens is 298 g/mol. The third-order valence-corrected chi connectivity index (χ3v) is 5.80. The quantitative estimate of drug-likeness (QED) is 0.837. The molecule has 1 aromatic rings. The third-order valence-electron chi connectivity index (χ3n) is 4.38. The number of benzene rings is 1. The predicted octanol–water partition coefficient (Wildman–Crippen LogP) is 3.30. The molecule has 1 saturated carbocycles. The standard InChI is InChI=1S/C17H27NO3S/c1-4-22(19,20)18-17-7-5-6-15(17)12-21-16-10-8-14(9-11-16)13(2)3/h8-11,13,15,17-18H,4-7,12H2,1-3H3/t15-,17-/m1/s1. The maximum absolute atomic E-state index is 11.7. The summed E-state index contributed by atoms with van der Waals surface area (Å²) < 4.78 is 32.1. The lowest BCUT2D eigenvalue weighted by molar-refractivity contribution is 0.234. The summed E-state index contributed by atoms with van der Waals surface area (Å²) in [5.74, 6) is 1.75. The van der Waals surface area contributed by atoms with E-state index < -0.39 is 10.0 Å². The molecule has 124 valence electrons.